The summed E-state index contributed by atoms with van der Waals surface area (Å²) in [5.74, 6) is 1.61. The highest BCUT2D eigenvalue weighted by molar-refractivity contribution is 6.30. The highest BCUT2D eigenvalue weighted by atomic mass is 35.5. The molecule has 1 heterocycles. The summed E-state index contributed by atoms with van der Waals surface area (Å²) in [5, 5.41) is 6.42. The van der Waals surface area contributed by atoms with Gasteiger partial charge in [0.05, 0.1) is 13.2 Å². The van der Waals surface area contributed by atoms with Crippen LogP contribution in [0.4, 0.5) is 10.5 Å². The van der Waals surface area contributed by atoms with Crippen LogP contribution < -0.4 is 20.1 Å². The number of anilines is 1. The standard InChI is InChI=1S/C18H19ClN2O3/c1-11-7-13(19)3-5-16(11)21-18(22)20-14-8-12-9-15(23-2)4-6-17(12)24-10-14/h3-7,9,14H,8,10H2,1-2H3,(H2,20,21,22). The number of fused-ring (bicyclic) bond motifs is 1. The average Bonchev–Trinajstić information content (AvgIpc) is 2.56. The third-order valence-corrected chi connectivity index (χ3v) is 4.18. The van der Waals surface area contributed by atoms with Crippen molar-refractivity contribution >= 4 is 23.3 Å². The number of rotatable bonds is 3. The second-order valence-electron chi connectivity index (χ2n) is 5.74. The normalized spacial score (nSPS) is 15.9. The van der Waals surface area contributed by atoms with E-state index >= 15 is 0 Å². The van der Waals surface area contributed by atoms with Crippen LogP contribution in [0.25, 0.3) is 0 Å². The zero-order valence-electron chi connectivity index (χ0n) is 13.6. The van der Waals surface area contributed by atoms with E-state index < -0.39 is 0 Å². The predicted molar refractivity (Wildman–Crippen MR) is 94.3 cm³/mol. The van der Waals surface area contributed by atoms with E-state index in [0.717, 1.165) is 28.3 Å². The van der Waals surface area contributed by atoms with Gasteiger partial charge in [0.2, 0.25) is 0 Å². The molecule has 5 nitrogen and oxygen atoms in total. The van der Waals surface area contributed by atoms with Gasteiger partial charge in [-0.2, -0.15) is 0 Å². The molecule has 2 aromatic rings. The third kappa shape index (κ3) is 3.74. The number of ether oxygens (including phenoxy) is 2. The first-order valence-corrected chi connectivity index (χ1v) is 8.06. The number of aryl methyl sites for hydroxylation is 1. The number of carbonyl (C=O) groups is 1. The van der Waals surface area contributed by atoms with Gasteiger partial charge < -0.3 is 20.1 Å². The van der Waals surface area contributed by atoms with Crippen LogP contribution in [0.15, 0.2) is 36.4 Å². The van der Waals surface area contributed by atoms with Crippen molar-refractivity contribution in [1.82, 2.24) is 5.32 Å². The van der Waals surface area contributed by atoms with E-state index in [1.807, 2.05) is 31.2 Å². The van der Waals surface area contributed by atoms with E-state index in [-0.39, 0.29) is 12.1 Å². The second kappa shape index (κ2) is 7.01. The minimum Gasteiger partial charge on any atom is -0.497 e. The Kier molecular flexibility index (Phi) is 4.81. The lowest BCUT2D eigenvalue weighted by atomic mass is 10.0. The average molecular weight is 347 g/mol. The van der Waals surface area contributed by atoms with Gasteiger partial charge in [-0.05, 0) is 60.9 Å². The first kappa shape index (κ1) is 16.5. The molecule has 1 atom stereocenters. The minimum atomic E-state index is -0.264. The van der Waals surface area contributed by atoms with Crippen molar-refractivity contribution in [2.24, 2.45) is 0 Å². The minimum absolute atomic E-state index is 0.0998. The largest absolute Gasteiger partial charge is 0.497 e. The summed E-state index contributed by atoms with van der Waals surface area (Å²) in [6.45, 7) is 2.33. The topological polar surface area (TPSA) is 59.6 Å². The number of hydrogen-bond donors (Lipinski definition) is 2. The number of carbonyl (C=O) groups excluding carboxylic acids is 1. The monoisotopic (exact) mass is 346 g/mol. The smallest absolute Gasteiger partial charge is 0.319 e. The maximum Gasteiger partial charge on any atom is 0.319 e. The molecule has 6 heteroatoms. The third-order valence-electron chi connectivity index (χ3n) is 3.95. The molecule has 2 aromatic carbocycles. The van der Waals surface area contributed by atoms with Crippen LogP contribution in [0, 0.1) is 6.92 Å². The van der Waals surface area contributed by atoms with Gasteiger partial charge in [0, 0.05) is 10.7 Å². The molecule has 0 radical (unpaired) electrons. The molecule has 0 aromatic heterocycles. The summed E-state index contributed by atoms with van der Waals surface area (Å²) in [7, 11) is 1.63. The molecule has 24 heavy (non-hydrogen) atoms. The van der Waals surface area contributed by atoms with Crippen LogP contribution in [0.2, 0.25) is 5.02 Å². The Balaban J connectivity index is 1.63. The first-order valence-electron chi connectivity index (χ1n) is 7.68. The fraction of sp³-hybridized carbons (Fsp3) is 0.278. The number of hydrogen-bond acceptors (Lipinski definition) is 3. The number of benzene rings is 2. The van der Waals surface area contributed by atoms with Crippen molar-refractivity contribution in [3.8, 4) is 11.5 Å². The number of amides is 2. The van der Waals surface area contributed by atoms with Crippen molar-refractivity contribution in [3.05, 3.63) is 52.5 Å². The Morgan fingerprint density at radius 1 is 1.29 bits per heavy atom. The van der Waals surface area contributed by atoms with Crippen molar-refractivity contribution in [3.63, 3.8) is 0 Å². The molecule has 2 N–H and O–H groups in total. The van der Waals surface area contributed by atoms with Crippen LogP contribution >= 0.6 is 11.6 Å². The van der Waals surface area contributed by atoms with Crippen LogP contribution in [-0.2, 0) is 6.42 Å². The zero-order chi connectivity index (χ0) is 17.1. The van der Waals surface area contributed by atoms with Gasteiger partial charge in [-0.15, -0.1) is 0 Å². The number of urea groups is 1. The molecular weight excluding hydrogens is 328 g/mol. The molecular formula is C18H19ClN2O3. The Bertz CT molecular complexity index is 764. The summed E-state index contributed by atoms with van der Waals surface area (Å²) in [4.78, 5) is 12.2. The maximum absolute atomic E-state index is 12.2. The van der Waals surface area contributed by atoms with Crippen LogP contribution in [0.3, 0.4) is 0 Å². The zero-order valence-corrected chi connectivity index (χ0v) is 14.3. The van der Waals surface area contributed by atoms with Gasteiger partial charge in [0.1, 0.15) is 18.1 Å². The summed E-state index contributed by atoms with van der Waals surface area (Å²) in [6.07, 6.45) is 0.694. The Hall–Kier alpha value is -2.40. The molecule has 0 aliphatic carbocycles. The molecule has 126 valence electrons. The lowest BCUT2D eigenvalue weighted by Crippen LogP contribution is -2.44. The van der Waals surface area contributed by atoms with E-state index in [2.05, 4.69) is 10.6 Å². The highest BCUT2D eigenvalue weighted by Gasteiger charge is 2.22. The molecule has 1 aliphatic heterocycles. The number of nitrogens with one attached hydrogen (secondary N) is 2. The van der Waals surface area contributed by atoms with E-state index in [1.54, 1.807) is 19.2 Å². The van der Waals surface area contributed by atoms with E-state index in [1.165, 1.54) is 0 Å². The highest BCUT2D eigenvalue weighted by Crippen LogP contribution is 2.28. The number of methoxy groups -OCH3 is 1. The molecule has 3 rings (SSSR count). The molecule has 0 saturated carbocycles. The summed E-state index contributed by atoms with van der Waals surface area (Å²) < 4.78 is 10.9. The lowest BCUT2D eigenvalue weighted by molar-refractivity contribution is 0.222. The molecule has 0 fully saturated rings. The van der Waals surface area contributed by atoms with Gasteiger partial charge in [-0.25, -0.2) is 4.79 Å². The summed E-state index contributed by atoms with van der Waals surface area (Å²) in [6, 6.07) is 10.7. The maximum atomic E-state index is 12.2. The van der Waals surface area contributed by atoms with Gasteiger partial charge in [-0.3, -0.25) is 0 Å². The molecule has 0 bridgehead atoms. The van der Waals surface area contributed by atoms with Crippen LogP contribution in [-0.4, -0.2) is 25.8 Å². The molecule has 1 aliphatic rings. The quantitative estimate of drug-likeness (QED) is 0.889. The first-order chi connectivity index (χ1) is 11.5. The van der Waals surface area contributed by atoms with E-state index in [9.17, 15) is 4.79 Å². The SMILES string of the molecule is COc1ccc2c(c1)CC(NC(=O)Nc1ccc(Cl)cc1C)CO2. The predicted octanol–water partition coefficient (Wildman–Crippen LogP) is 3.78. The fourth-order valence-electron chi connectivity index (χ4n) is 2.70. The van der Waals surface area contributed by atoms with Crippen LogP contribution in [0.5, 0.6) is 11.5 Å². The summed E-state index contributed by atoms with van der Waals surface area (Å²) in [5.41, 5.74) is 2.66. The molecule has 1 unspecified atom stereocenters. The molecule has 0 spiro atoms. The fourth-order valence-corrected chi connectivity index (χ4v) is 2.93. The van der Waals surface area contributed by atoms with Gasteiger partial charge >= 0.3 is 6.03 Å². The summed E-state index contributed by atoms with van der Waals surface area (Å²) >= 11 is 5.93. The van der Waals surface area contributed by atoms with Gasteiger partial charge in [0.25, 0.3) is 0 Å². The lowest BCUT2D eigenvalue weighted by Gasteiger charge is -2.26. The molecule has 0 saturated heterocycles. The Labute approximate surface area is 145 Å². The van der Waals surface area contributed by atoms with E-state index in [4.69, 9.17) is 21.1 Å². The van der Waals surface area contributed by atoms with Crippen molar-refractivity contribution < 1.29 is 14.3 Å². The number of halogens is 1. The van der Waals surface area contributed by atoms with Gasteiger partial charge in [-0.1, -0.05) is 11.6 Å². The molecule has 2 amide bonds. The Morgan fingerprint density at radius 3 is 2.88 bits per heavy atom. The van der Waals surface area contributed by atoms with Gasteiger partial charge in [0.15, 0.2) is 0 Å². The van der Waals surface area contributed by atoms with Crippen molar-refractivity contribution in [1.29, 1.82) is 0 Å². The Morgan fingerprint density at radius 2 is 2.12 bits per heavy atom. The second-order valence-corrected chi connectivity index (χ2v) is 6.18. The van der Waals surface area contributed by atoms with Crippen molar-refractivity contribution in [2.45, 2.75) is 19.4 Å². The van der Waals surface area contributed by atoms with Crippen LogP contribution in [0.1, 0.15) is 11.1 Å². The van der Waals surface area contributed by atoms with Crippen molar-refractivity contribution in [2.75, 3.05) is 19.0 Å². The van der Waals surface area contributed by atoms with E-state index in [0.29, 0.717) is 18.1 Å².